The van der Waals surface area contributed by atoms with Crippen molar-refractivity contribution >= 4 is 10.0 Å². The van der Waals surface area contributed by atoms with Crippen LogP contribution < -0.4 is 14.6 Å². The average Bonchev–Trinajstić information content (AvgIpc) is 3.10. The first-order valence-corrected chi connectivity index (χ1v) is 8.87. The van der Waals surface area contributed by atoms with Gasteiger partial charge in [0.1, 0.15) is 0 Å². The smallest absolute Gasteiger partial charge is 0.238 e. The molecule has 0 saturated heterocycles. The Kier molecular flexibility index (Phi) is 4.47. The van der Waals surface area contributed by atoms with Crippen molar-refractivity contribution in [2.75, 3.05) is 14.2 Å². The Hall–Kier alpha value is -2.84. The van der Waals surface area contributed by atoms with Gasteiger partial charge in [-0.1, -0.05) is 6.07 Å². The highest BCUT2D eigenvalue weighted by molar-refractivity contribution is 7.89. The Morgan fingerprint density at radius 3 is 2.24 bits per heavy atom. The average molecular weight is 359 g/mol. The minimum Gasteiger partial charge on any atom is -0.493 e. The van der Waals surface area contributed by atoms with Crippen molar-refractivity contribution in [1.29, 1.82) is 0 Å². The van der Waals surface area contributed by atoms with Crippen LogP contribution in [0.5, 0.6) is 11.5 Å². The van der Waals surface area contributed by atoms with E-state index < -0.39 is 10.0 Å². The normalized spacial score (nSPS) is 11.3. The van der Waals surface area contributed by atoms with E-state index in [-0.39, 0.29) is 4.90 Å². The van der Waals surface area contributed by atoms with Crippen LogP contribution in [0.3, 0.4) is 0 Å². The first-order valence-electron chi connectivity index (χ1n) is 7.32. The molecule has 0 radical (unpaired) electrons. The number of aromatic nitrogens is 2. The molecule has 1 aromatic heterocycles. The predicted octanol–water partition coefficient (Wildman–Crippen LogP) is 2.20. The zero-order valence-electron chi connectivity index (χ0n) is 13.7. The topological polar surface area (TPSA) is 96.4 Å². The largest absolute Gasteiger partial charge is 0.493 e. The molecule has 0 amide bonds. The molecule has 0 unspecified atom stereocenters. The van der Waals surface area contributed by atoms with E-state index in [1.807, 2.05) is 24.4 Å². The van der Waals surface area contributed by atoms with Gasteiger partial charge in [-0.15, -0.1) is 0 Å². The summed E-state index contributed by atoms with van der Waals surface area (Å²) in [7, 11) is -0.544. The molecule has 130 valence electrons. The Morgan fingerprint density at radius 1 is 0.960 bits per heavy atom. The fourth-order valence-electron chi connectivity index (χ4n) is 2.42. The van der Waals surface area contributed by atoms with Gasteiger partial charge in [-0.25, -0.2) is 18.2 Å². The molecule has 0 spiro atoms. The number of hydrogen-bond acceptors (Lipinski definition) is 5. The zero-order chi connectivity index (χ0) is 18.0. The van der Waals surface area contributed by atoms with Crippen molar-refractivity contribution in [3.8, 4) is 28.3 Å². The van der Waals surface area contributed by atoms with E-state index in [2.05, 4.69) is 5.10 Å². The molecular formula is C17H17N3O4S. The highest BCUT2D eigenvalue weighted by Gasteiger charge is 2.10. The highest BCUT2D eigenvalue weighted by atomic mass is 32.2. The quantitative estimate of drug-likeness (QED) is 0.753. The Balaban J connectivity index is 1.92. The molecule has 8 heteroatoms. The van der Waals surface area contributed by atoms with Crippen molar-refractivity contribution in [3.63, 3.8) is 0 Å². The maximum absolute atomic E-state index is 11.3. The van der Waals surface area contributed by atoms with Crippen LogP contribution in [0, 0.1) is 0 Å². The summed E-state index contributed by atoms with van der Waals surface area (Å²) in [6.45, 7) is 0. The molecule has 0 bridgehead atoms. The molecule has 0 aliphatic carbocycles. The maximum atomic E-state index is 11.3. The molecule has 0 saturated carbocycles. The van der Waals surface area contributed by atoms with E-state index in [9.17, 15) is 8.42 Å². The van der Waals surface area contributed by atoms with Gasteiger partial charge in [-0.3, -0.25) is 0 Å². The number of nitrogens with two attached hydrogens (primary N) is 1. The van der Waals surface area contributed by atoms with E-state index >= 15 is 0 Å². The van der Waals surface area contributed by atoms with Crippen molar-refractivity contribution in [2.24, 2.45) is 5.14 Å². The van der Waals surface area contributed by atoms with Crippen LogP contribution in [0.1, 0.15) is 0 Å². The van der Waals surface area contributed by atoms with Gasteiger partial charge in [0.15, 0.2) is 11.5 Å². The molecule has 3 rings (SSSR count). The minimum absolute atomic E-state index is 0.0588. The van der Waals surface area contributed by atoms with E-state index in [4.69, 9.17) is 14.6 Å². The van der Waals surface area contributed by atoms with Gasteiger partial charge in [0, 0.05) is 11.8 Å². The number of nitrogens with zero attached hydrogens (tertiary/aromatic N) is 2. The number of benzene rings is 2. The fourth-order valence-corrected chi connectivity index (χ4v) is 2.93. The van der Waals surface area contributed by atoms with Gasteiger partial charge >= 0.3 is 0 Å². The molecule has 3 aromatic rings. The molecule has 0 aliphatic heterocycles. The standard InChI is InChI=1S/C17H17N3O4S/c1-23-16-8-3-12(9-17(16)24-2)13-10-19-20(11-13)14-4-6-15(7-5-14)25(18,21)22/h3-11H,1-2H3,(H2,18,21,22). The van der Waals surface area contributed by atoms with Crippen molar-refractivity contribution in [3.05, 3.63) is 54.9 Å². The van der Waals surface area contributed by atoms with Gasteiger partial charge in [-0.2, -0.15) is 5.10 Å². The van der Waals surface area contributed by atoms with Crippen LogP contribution >= 0.6 is 0 Å². The lowest BCUT2D eigenvalue weighted by molar-refractivity contribution is 0.355. The third kappa shape index (κ3) is 3.49. The summed E-state index contributed by atoms with van der Waals surface area (Å²) in [5.41, 5.74) is 2.53. The predicted molar refractivity (Wildman–Crippen MR) is 93.5 cm³/mol. The lowest BCUT2D eigenvalue weighted by Crippen LogP contribution is -2.12. The van der Waals surface area contributed by atoms with Gasteiger partial charge in [0.05, 0.1) is 31.0 Å². The summed E-state index contributed by atoms with van der Waals surface area (Å²) in [4.78, 5) is 0.0588. The molecule has 0 aliphatic rings. The number of hydrogen-bond donors (Lipinski definition) is 1. The first kappa shape index (κ1) is 17.0. The van der Waals surface area contributed by atoms with Crippen LogP contribution in [-0.4, -0.2) is 32.4 Å². The van der Waals surface area contributed by atoms with E-state index in [1.54, 1.807) is 37.2 Å². The molecule has 2 N–H and O–H groups in total. The van der Waals surface area contributed by atoms with Gasteiger partial charge < -0.3 is 9.47 Å². The van der Waals surface area contributed by atoms with Crippen molar-refractivity contribution < 1.29 is 17.9 Å². The monoisotopic (exact) mass is 359 g/mol. The maximum Gasteiger partial charge on any atom is 0.238 e. The molecule has 0 fully saturated rings. The summed E-state index contributed by atoms with van der Waals surface area (Å²) >= 11 is 0. The lowest BCUT2D eigenvalue weighted by atomic mass is 10.1. The summed E-state index contributed by atoms with van der Waals surface area (Å²) in [5.74, 6) is 1.28. The molecule has 25 heavy (non-hydrogen) atoms. The van der Waals surface area contributed by atoms with E-state index in [0.717, 1.165) is 16.8 Å². The summed E-state index contributed by atoms with van der Waals surface area (Å²) < 4.78 is 34.8. The highest BCUT2D eigenvalue weighted by Crippen LogP contribution is 2.32. The number of methoxy groups -OCH3 is 2. The van der Waals surface area contributed by atoms with Gasteiger partial charge in [0.2, 0.25) is 10.0 Å². The Morgan fingerprint density at radius 2 is 1.64 bits per heavy atom. The lowest BCUT2D eigenvalue weighted by Gasteiger charge is -2.08. The van der Waals surface area contributed by atoms with Gasteiger partial charge in [0.25, 0.3) is 0 Å². The van der Waals surface area contributed by atoms with Crippen LogP contribution in [0.4, 0.5) is 0 Å². The third-order valence-electron chi connectivity index (χ3n) is 3.73. The second-order valence-corrected chi connectivity index (χ2v) is 6.84. The van der Waals surface area contributed by atoms with Crippen molar-refractivity contribution in [1.82, 2.24) is 9.78 Å². The number of rotatable bonds is 5. The SMILES string of the molecule is COc1ccc(-c2cnn(-c3ccc(S(N)(=O)=O)cc3)c2)cc1OC. The summed E-state index contributed by atoms with van der Waals surface area (Å²) in [5, 5.41) is 9.42. The Labute approximate surface area is 145 Å². The van der Waals surface area contributed by atoms with E-state index in [1.165, 1.54) is 12.1 Å². The minimum atomic E-state index is -3.71. The van der Waals surface area contributed by atoms with Crippen LogP contribution in [0.15, 0.2) is 59.8 Å². The zero-order valence-corrected chi connectivity index (χ0v) is 14.5. The first-order chi connectivity index (χ1) is 11.9. The Bertz CT molecular complexity index is 995. The second kappa shape index (κ2) is 6.58. The molecular weight excluding hydrogens is 342 g/mol. The van der Waals surface area contributed by atoms with Gasteiger partial charge in [-0.05, 0) is 42.0 Å². The van der Waals surface area contributed by atoms with E-state index in [0.29, 0.717) is 11.5 Å². The van der Waals surface area contributed by atoms with Crippen molar-refractivity contribution in [2.45, 2.75) is 4.90 Å². The fraction of sp³-hybridized carbons (Fsp3) is 0.118. The molecule has 0 atom stereocenters. The summed E-state index contributed by atoms with van der Waals surface area (Å²) in [6.07, 6.45) is 3.56. The second-order valence-electron chi connectivity index (χ2n) is 5.28. The number of ether oxygens (including phenoxy) is 2. The molecule has 7 nitrogen and oxygen atoms in total. The number of sulfonamides is 1. The van der Waals surface area contributed by atoms with Crippen LogP contribution in [0.25, 0.3) is 16.8 Å². The third-order valence-corrected chi connectivity index (χ3v) is 4.66. The molecule has 2 aromatic carbocycles. The number of primary sulfonamides is 1. The van der Waals surface area contributed by atoms with Crippen LogP contribution in [0.2, 0.25) is 0 Å². The van der Waals surface area contributed by atoms with Crippen LogP contribution in [-0.2, 0) is 10.0 Å². The molecule has 1 heterocycles. The summed E-state index contributed by atoms with van der Waals surface area (Å²) in [6, 6.07) is 11.8.